The summed E-state index contributed by atoms with van der Waals surface area (Å²) in [5.74, 6) is -1.30. The first kappa shape index (κ1) is 18.6. The first-order valence-electron chi connectivity index (χ1n) is 8.17. The molecule has 0 radical (unpaired) electrons. The zero-order valence-electron chi connectivity index (χ0n) is 14.2. The Kier molecular flexibility index (Phi) is 5.10. The highest BCUT2D eigenvalue weighted by atomic mass is 35.5. The summed E-state index contributed by atoms with van der Waals surface area (Å²) < 4.78 is 28.2. The van der Waals surface area contributed by atoms with Crippen molar-refractivity contribution in [1.29, 1.82) is 0 Å². The third-order valence-electron chi connectivity index (χ3n) is 4.02. The molecule has 0 spiro atoms. The van der Waals surface area contributed by atoms with Crippen molar-refractivity contribution in [3.05, 3.63) is 69.7 Å². The molecule has 142 valence electrons. The summed E-state index contributed by atoms with van der Waals surface area (Å²) >= 11 is 7.25. The molecule has 10 heteroatoms. The molecule has 6 nitrogen and oxygen atoms in total. The fraction of sp³-hybridized carbons (Fsp3) is 0.111. The summed E-state index contributed by atoms with van der Waals surface area (Å²) in [7, 11) is 0. The highest BCUT2D eigenvalue weighted by Crippen LogP contribution is 2.28. The normalized spacial score (nSPS) is 11.2. The first-order valence-corrected chi connectivity index (χ1v) is 9.53. The second kappa shape index (κ2) is 7.69. The van der Waals surface area contributed by atoms with Crippen molar-refractivity contribution in [2.24, 2.45) is 0 Å². The monoisotopic (exact) mass is 419 g/mol. The summed E-state index contributed by atoms with van der Waals surface area (Å²) in [6.45, 7) is 0.414. The van der Waals surface area contributed by atoms with E-state index in [2.05, 4.69) is 20.2 Å². The van der Waals surface area contributed by atoms with Gasteiger partial charge in [0.15, 0.2) is 17.5 Å². The Morgan fingerprint density at radius 1 is 1.18 bits per heavy atom. The van der Waals surface area contributed by atoms with E-state index in [-0.39, 0.29) is 22.0 Å². The number of thioether (sulfide) groups is 1. The van der Waals surface area contributed by atoms with Gasteiger partial charge in [-0.2, -0.15) is 0 Å². The maximum Gasteiger partial charge on any atom is 0.261 e. The van der Waals surface area contributed by atoms with Crippen LogP contribution in [0.25, 0.3) is 22.3 Å². The number of aromatic nitrogens is 5. The van der Waals surface area contributed by atoms with Crippen LogP contribution in [0.3, 0.4) is 0 Å². The van der Waals surface area contributed by atoms with Gasteiger partial charge in [0.2, 0.25) is 5.16 Å². The topological polar surface area (TPSA) is 76.5 Å². The van der Waals surface area contributed by atoms with Crippen molar-refractivity contribution in [1.82, 2.24) is 24.7 Å². The van der Waals surface area contributed by atoms with Crippen molar-refractivity contribution in [3.63, 3.8) is 0 Å². The van der Waals surface area contributed by atoms with Crippen LogP contribution in [-0.2, 0) is 6.54 Å². The Balaban J connectivity index is 1.47. The van der Waals surface area contributed by atoms with Gasteiger partial charge in [-0.25, -0.2) is 18.7 Å². The fourth-order valence-corrected chi connectivity index (χ4v) is 3.61. The predicted octanol–water partition coefficient (Wildman–Crippen LogP) is 3.91. The minimum Gasteiger partial charge on any atom is -0.298 e. The Morgan fingerprint density at radius 2 is 1.96 bits per heavy atom. The lowest BCUT2D eigenvalue weighted by molar-refractivity contribution is 0.509. The summed E-state index contributed by atoms with van der Waals surface area (Å²) in [5.41, 5.74) is 0.753. The molecule has 0 amide bonds. The van der Waals surface area contributed by atoms with Crippen LogP contribution in [0.4, 0.5) is 8.78 Å². The quantitative estimate of drug-likeness (QED) is 0.392. The third-order valence-corrected chi connectivity index (χ3v) is 5.17. The number of fused-ring (bicyclic) bond motifs is 1. The molecule has 0 aliphatic rings. The van der Waals surface area contributed by atoms with E-state index >= 15 is 0 Å². The number of halogens is 3. The van der Waals surface area contributed by atoms with Crippen LogP contribution in [-0.4, -0.2) is 30.5 Å². The molecule has 2 heterocycles. The smallest absolute Gasteiger partial charge is 0.261 e. The average Bonchev–Trinajstić information content (AvgIpc) is 3.15. The first-order chi connectivity index (χ1) is 13.5. The van der Waals surface area contributed by atoms with Crippen LogP contribution in [0.1, 0.15) is 0 Å². The van der Waals surface area contributed by atoms with Crippen LogP contribution < -0.4 is 5.56 Å². The van der Waals surface area contributed by atoms with Crippen molar-refractivity contribution in [3.8, 4) is 11.4 Å². The molecule has 4 rings (SSSR count). The molecule has 0 fully saturated rings. The maximum absolute atomic E-state index is 13.5. The van der Waals surface area contributed by atoms with Gasteiger partial charge in [0.05, 0.1) is 22.3 Å². The minimum atomic E-state index is -1.03. The molecular formula is C18H12ClF2N5OS. The zero-order valence-corrected chi connectivity index (χ0v) is 15.8. The van der Waals surface area contributed by atoms with Crippen molar-refractivity contribution in [2.45, 2.75) is 11.7 Å². The van der Waals surface area contributed by atoms with Gasteiger partial charge < -0.3 is 0 Å². The number of hydrogen-bond acceptors (Lipinski definition) is 5. The number of hydrogen-bond donors (Lipinski definition) is 1. The number of nitrogens with one attached hydrogen (secondary N) is 1. The number of rotatable bonds is 5. The van der Waals surface area contributed by atoms with Gasteiger partial charge in [0.1, 0.15) is 0 Å². The molecule has 0 unspecified atom stereocenters. The van der Waals surface area contributed by atoms with Crippen molar-refractivity contribution < 1.29 is 8.78 Å². The van der Waals surface area contributed by atoms with Crippen molar-refractivity contribution in [2.75, 3.05) is 5.75 Å². The van der Waals surface area contributed by atoms with E-state index < -0.39 is 11.6 Å². The molecule has 0 aliphatic heterocycles. The lowest BCUT2D eigenvalue weighted by atomic mass is 10.2. The van der Waals surface area contributed by atoms with E-state index in [1.54, 1.807) is 18.2 Å². The number of nitrogens with zero attached hydrogens (tertiary/aromatic N) is 4. The van der Waals surface area contributed by atoms with Crippen LogP contribution in [0, 0.1) is 11.6 Å². The molecule has 0 bridgehead atoms. The molecule has 28 heavy (non-hydrogen) atoms. The summed E-state index contributed by atoms with van der Waals surface area (Å²) in [6, 6.07) is 9.00. The molecule has 1 N–H and O–H groups in total. The number of benzene rings is 2. The van der Waals surface area contributed by atoms with Crippen molar-refractivity contribution >= 4 is 34.3 Å². The predicted molar refractivity (Wildman–Crippen MR) is 103 cm³/mol. The second-order valence-corrected chi connectivity index (χ2v) is 7.29. The van der Waals surface area contributed by atoms with Gasteiger partial charge in [-0.1, -0.05) is 35.5 Å². The van der Waals surface area contributed by atoms with Gasteiger partial charge in [-0.15, -0.1) is 5.10 Å². The lowest BCUT2D eigenvalue weighted by Crippen LogP contribution is -2.21. The number of aromatic amines is 1. The molecule has 0 saturated heterocycles. The molecular weight excluding hydrogens is 408 g/mol. The van der Waals surface area contributed by atoms with E-state index in [1.165, 1.54) is 22.7 Å². The summed E-state index contributed by atoms with van der Waals surface area (Å²) in [6.07, 6.45) is 1.51. The second-order valence-electron chi connectivity index (χ2n) is 5.82. The van der Waals surface area contributed by atoms with E-state index in [0.717, 1.165) is 12.1 Å². The molecule has 0 atom stereocenters. The van der Waals surface area contributed by atoms with E-state index in [1.807, 2.05) is 6.07 Å². The van der Waals surface area contributed by atoms with Crippen LogP contribution in [0.5, 0.6) is 0 Å². The van der Waals surface area contributed by atoms with Crippen LogP contribution in [0.2, 0.25) is 5.02 Å². The summed E-state index contributed by atoms with van der Waals surface area (Å²) in [5, 5.41) is 7.68. The standard InChI is InChI=1S/C18H12ClF2N5OS/c19-12-8-14(21)13(20)7-11(12)16-23-18(25-24-16)28-6-5-26-9-22-15-4-2-1-3-10(15)17(26)27/h1-4,7-9H,5-6H2,(H,23,24,25). The molecule has 2 aromatic heterocycles. The Morgan fingerprint density at radius 3 is 2.82 bits per heavy atom. The van der Waals surface area contributed by atoms with E-state index in [9.17, 15) is 13.6 Å². The SMILES string of the molecule is O=c1c2ccccc2ncn1CCSc1n[nH]c(-c2cc(F)c(F)cc2Cl)n1. The van der Waals surface area contributed by atoms with Crippen LogP contribution in [0.15, 0.2) is 52.7 Å². The highest BCUT2D eigenvalue weighted by molar-refractivity contribution is 7.99. The van der Waals surface area contributed by atoms with E-state index in [4.69, 9.17) is 11.6 Å². The maximum atomic E-state index is 13.5. The molecule has 0 aliphatic carbocycles. The molecule has 4 aromatic rings. The Labute approximate surface area is 166 Å². The van der Waals surface area contributed by atoms with Gasteiger partial charge in [-0.05, 0) is 24.3 Å². The summed E-state index contributed by atoms with van der Waals surface area (Å²) in [4.78, 5) is 21.0. The number of aryl methyl sites for hydroxylation is 1. The number of para-hydroxylation sites is 1. The van der Waals surface area contributed by atoms with E-state index in [0.29, 0.717) is 28.4 Å². The van der Waals surface area contributed by atoms with Gasteiger partial charge in [0.25, 0.3) is 5.56 Å². The van der Waals surface area contributed by atoms with Gasteiger partial charge in [-0.3, -0.25) is 14.5 Å². The Bertz CT molecular complexity index is 1230. The molecule has 0 saturated carbocycles. The fourth-order valence-electron chi connectivity index (χ4n) is 2.64. The average molecular weight is 420 g/mol. The molecule has 2 aromatic carbocycles. The minimum absolute atomic E-state index is 0.0281. The van der Waals surface area contributed by atoms with Crippen LogP contribution >= 0.6 is 23.4 Å². The highest BCUT2D eigenvalue weighted by Gasteiger charge is 2.14. The Hall–Kier alpha value is -2.78. The van der Waals surface area contributed by atoms with Gasteiger partial charge in [0, 0.05) is 17.9 Å². The van der Waals surface area contributed by atoms with Gasteiger partial charge >= 0.3 is 0 Å². The lowest BCUT2D eigenvalue weighted by Gasteiger charge is -2.05. The third kappa shape index (κ3) is 3.63. The largest absolute Gasteiger partial charge is 0.298 e. The number of H-pyrrole nitrogens is 1. The zero-order chi connectivity index (χ0) is 19.7.